The second kappa shape index (κ2) is 4.74. The van der Waals surface area contributed by atoms with Gasteiger partial charge < -0.3 is 10.6 Å². The van der Waals surface area contributed by atoms with Gasteiger partial charge >= 0.3 is 0 Å². The molecule has 1 fully saturated rings. The molecule has 0 bridgehead atoms. The van der Waals surface area contributed by atoms with Crippen LogP contribution < -0.4 is 5.73 Å². The molecular formula is C10H12ClN3O3S. The fourth-order valence-electron chi connectivity index (χ4n) is 1.71. The molecule has 0 saturated carbocycles. The lowest BCUT2D eigenvalue weighted by atomic mass is 10.2. The summed E-state index contributed by atoms with van der Waals surface area (Å²) in [6, 6.07) is 1.39. The molecule has 0 aliphatic carbocycles. The second-order valence-corrected chi connectivity index (χ2v) is 6.73. The molecule has 0 atom stereocenters. The van der Waals surface area contributed by atoms with Crippen LogP contribution in [0.3, 0.4) is 0 Å². The first kappa shape index (κ1) is 13.1. The number of carbonyl (C=O) groups excluding carboxylic acids is 1. The van der Waals surface area contributed by atoms with Crippen molar-refractivity contribution in [3.05, 3.63) is 23.0 Å². The number of hydrogen-bond acceptors (Lipinski definition) is 5. The van der Waals surface area contributed by atoms with Crippen LogP contribution in [0.1, 0.15) is 10.4 Å². The third-order valence-corrected chi connectivity index (χ3v) is 4.58. The maximum absolute atomic E-state index is 12.1. The number of nitrogen functional groups attached to an aromatic ring is 1. The predicted molar refractivity (Wildman–Crippen MR) is 68.2 cm³/mol. The Labute approximate surface area is 110 Å². The number of nitrogens with two attached hydrogens (primary N) is 1. The maximum Gasteiger partial charge on any atom is 0.256 e. The minimum atomic E-state index is -3.01. The number of aromatic nitrogens is 1. The largest absolute Gasteiger partial charge is 0.397 e. The first-order chi connectivity index (χ1) is 8.39. The van der Waals surface area contributed by atoms with E-state index in [-0.39, 0.29) is 46.9 Å². The topological polar surface area (TPSA) is 93.4 Å². The van der Waals surface area contributed by atoms with E-state index in [1.54, 1.807) is 0 Å². The van der Waals surface area contributed by atoms with Gasteiger partial charge in [0.15, 0.2) is 9.84 Å². The molecule has 2 N–H and O–H groups in total. The third-order valence-electron chi connectivity index (χ3n) is 2.76. The number of rotatable bonds is 1. The van der Waals surface area contributed by atoms with Gasteiger partial charge in [-0.15, -0.1) is 0 Å². The van der Waals surface area contributed by atoms with Crippen molar-refractivity contribution in [2.24, 2.45) is 0 Å². The van der Waals surface area contributed by atoms with E-state index < -0.39 is 9.84 Å². The molecule has 98 valence electrons. The van der Waals surface area contributed by atoms with E-state index in [4.69, 9.17) is 17.3 Å². The van der Waals surface area contributed by atoms with Crippen LogP contribution in [0, 0.1) is 0 Å². The van der Waals surface area contributed by atoms with Gasteiger partial charge in [-0.05, 0) is 6.07 Å². The summed E-state index contributed by atoms with van der Waals surface area (Å²) in [5.41, 5.74) is 6.16. The number of amides is 1. The number of halogens is 1. The van der Waals surface area contributed by atoms with Crippen molar-refractivity contribution in [1.29, 1.82) is 0 Å². The van der Waals surface area contributed by atoms with Gasteiger partial charge in [0.25, 0.3) is 5.91 Å². The molecular weight excluding hydrogens is 278 g/mol. The summed E-state index contributed by atoms with van der Waals surface area (Å²) in [5, 5.41) is 0.178. The minimum absolute atomic E-state index is 0.0164. The minimum Gasteiger partial charge on any atom is -0.397 e. The molecule has 2 rings (SSSR count). The van der Waals surface area contributed by atoms with Crippen LogP contribution in [0.15, 0.2) is 12.3 Å². The molecule has 1 aromatic heterocycles. The zero-order valence-electron chi connectivity index (χ0n) is 9.47. The summed E-state index contributed by atoms with van der Waals surface area (Å²) < 4.78 is 22.6. The Hall–Kier alpha value is -1.34. The second-order valence-electron chi connectivity index (χ2n) is 4.04. The van der Waals surface area contributed by atoms with Gasteiger partial charge in [-0.2, -0.15) is 0 Å². The number of carbonyl (C=O) groups is 1. The van der Waals surface area contributed by atoms with Gasteiger partial charge in [-0.25, -0.2) is 13.4 Å². The number of pyridine rings is 1. The molecule has 8 heteroatoms. The SMILES string of the molecule is Nc1cnc(Cl)cc1C(=O)N1CCS(=O)(=O)CC1. The molecule has 6 nitrogen and oxygen atoms in total. The molecule has 1 amide bonds. The normalized spacial score (nSPS) is 18.6. The highest BCUT2D eigenvalue weighted by molar-refractivity contribution is 7.91. The van der Waals surface area contributed by atoms with Gasteiger partial charge in [-0.1, -0.05) is 11.6 Å². The predicted octanol–water partition coefficient (Wildman–Crippen LogP) is 0.188. The van der Waals surface area contributed by atoms with Crippen LogP contribution in [0.2, 0.25) is 5.15 Å². The van der Waals surface area contributed by atoms with E-state index in [9.17, 15) is 13.2 Å². The lowest BCUT2D eigenvalue weighted by Crippen LogP contribution is -2.43. The Balaban J connectivity index is 2.20. The summed E-state index contributed by atoms with van der Waals surface area (Å²) in [6.07, 6.45) is 1.32. The molecule has 18 heavy (non-hydrogen) atoms. The van der Waals surface area contributed by atoms with Gasteiger partial charge in [0.1, 0.15) is 5.15 Å². The van der Waals surface area contributed by atoms with Crippen LogP contribution >= 0.6 is 11.6 Å². The first-order valence-corrected chi connectivity index (χ1v) is 7.50. The maximum atomic E-state index is 12.1. The van der Waals surface area contributed by atoms with Crippen molar-refractivity contribution >= 4 is 33.0 Å². The molecule has 0 spiro atoms. The van der Waals surface area contributed by atoms with Crippen LogP contribution in [-0.2, 0) is 9.84 Å². The number of nitrogens with zero attached hydrogens (tertiary/aromatic N) is 2. The molecule has 0 unspecified atom stereocenters. The molecule has 2 heterocycles. The summed E-state index contributed by atoms with van der Waals surface area (Å²) in [6.45, 7) is 0.362. The smallest absolute Gasteiger partial charge is 0.256 e. The van der Waals surface area contributed by atoms with E-state index in [1.165, 1.54) is 17.2 Å². The van der Waals surface area contributed by atoms with Crippen molar-refractivity contribution in [2.75, 3.05) is 30.3 Å². The van der Waals surface area contributed by atoms with Gasteiger partial charge in [0.2, 0.25) is 0 Å². The fourth-order valence-corrected chi connectivity index (χ4v) is 3.07. The van der Waals surface area contributed by atoms with E-state index >= 15 is 0 Å². The van der Waals surface area contributed by atoms with E-state index in [0.717, 1.165) is 0 Å². The Kier molecular flexibility index (Phi) is 3.45. The van der Waals surface area contributed by atoms with Crippen molar-refractivity contribution in [2.45, 2.75) is 0 Å². The van der Waals surface area contributed by atoms with Crippen molar-refractivity contribution in [1.82, 2.24) is 9.88 Å². The number of sulfone groups is 1. The average Bonchev–Trinajstić information content (AvgIpc) is 2.31. The van der Waals surface area contributed by atoms with Crippen LogP contribution in [0.4, 0.5) is 5.69 Å². The highest BCUT2D eigenvalue weighted by atomic mass is 35.5. The van der Waals surface area contributed by atoms with E-state index in [0.29, 0.717) is 0 Å². The average molecular weight is 290 g/mol. The Bertz CT molecular complexity index is 574. The van der Waals surface area contributed by atoms with Crippen LogP contribution in [0.25, 0.3) is 0 Å². The molecule has 1 saturated heterocycles. The quantitative estimate of drug-likeness (QED) is 0.745. The van der Waals surface area contributed by atoms with E-state index in [2.05, 4.69) is 4.98 Å². The molecule has 1 aromatic rings. The molecule has 1 aliphatic rings. The Morgan fingerprint density at radius 3 is 2.61 bits per heavy atom. The lowest BCUT2D eigenvalue weighted by molar-refractivity contribution is 0.0771. The molecule has 1 aliphatic heterocycles. The third kappa shape index (κ3) is 2.73. The van der Waals surface area contributed by atoms with Gasteiger partial charge in [0.05, 0.1) is 29.0 Å². The monoisotopic (exact) mass is 289 g/mol. The Morgan fingerprint density at radius 2 is 2.00 bits per heavy atom. The van der Waals surface area contributed by atoms with Gasteiger partial charge in [-0.3, -0.25) is 4.79 Å². The molecule has 0 aromatic carbocycles. The summed E-state index contributed by atoms with van der Waals surface area (Å²) in [5.74, 6) is -0.346. The number of hydrogen-bond donors (Lipinski definition) is 1. The van der Waals surface area contributed by atoms with E-state index in [1.807, 2.05) is 0 Å². The Morgan fingerprint density at radius 1 is 1.39 bits per heavy atom. The fraction of sp³-hybridized carbons (Fsp3) is 0.400. The van der Waals surface area contributed by atoms with Crippen molar-refractivity contribution < 1.29 is 13.2 Å². The standard InChI is InChI=1S/C10H12ClN3O3S/c11-9-5-7(8(12)6-13-9)10(15)14-1-3-18(16,17)4-2-14/h5-6H,1-4,12H2. The van der Waals surface area contributed by atoms with Gasteiger partial charge in [0, 0.05) is 13.1 Å². The summed E-state index contributed by atoms with van der Waals surface area (Å²) in [4.78, 5) is 17.4. The van der Waals surface area contributed by atoms with Crippen molar-refractivity contribution in [3.8, 4) is 0 Å². The zero-order chi connectivity index (χ0) is 13.3. The summed E-state index contributed by atoms with van der Waals surface area (Å²) >= 11 is 5.71. The van der Waals surface area contributed by atoms with Crippen molar-refractivity contribution in [3.63, 3.8) is 0 Å². The highest BCUT2D eigenvalue weighted by Gasteiger charge is 2.26. The molecule has 0 radical (unpaired) electrons. The van der Waals surface area contributed by atoms with Crippen LogP contribution in [-0.4, -0.2) is 48.8 Å². The zero-order valence-corrected chi connectivity index (χ0v) is 11.0. The number of anilines is 1. The lowest BCUT2D eigenvalue weighted by Gasteiger charge is -2.27. The first-order valence-electron chi connectivity index (χ1n) is 5.30. The summed E-state index contributed by atoms with van der Waals surface area (Å²) in [7, 11) is -3.01. The van der Waals surface area contributed by atoms with Crippen LogP contribution in [0.5, 0.6) is 0 Å². The highest BCUT2D eigenvalue weighted by Crippen LogP contribution is 2.18.